The molecule has 1 unspecified atom stereocenters. The van der Waals surface area contributed by atoms with Crippen molar-refractivity contribution >= 4 is 58.5 Å². The van der Waals surface area contributed by atoms with E-state index in [0.717, 1.165) is 59.7 Å². The molecule has 1 fully saturated rings. The first-order chi connectivity index (χ1) is 16.5. The van der Waals surface area contributed by atoms with E-state index in [2.05, 4.69) is 25.5 Å². The van der Waals surface area contributed by atoms with Gasteiger partial charge < -0.3 is 20.1 Å². The van der Waals surface area contributed by atoms with E-state index < -0.39 is 0 Å². The van der Waals surface area contributed by atoms with E-state index in [-0.39, 0.29) is 29.8 Å². The number of halogens is 2. The molecule has 6 rings (SSSR count). The molecule has 0 saturated carbocycles. The number of hydrogen-bond donors (Lipinski definition) is 2. The van der Waals surface area contributed by atoms with Crippen LogP contribution in [0.3, 0.4) is 0 Å². The summed E-state index contributed by atoms with van der Waals surface area (Å²) in [6.45, 7) is 4.22. The second-order valence-corrected chi connectivity index (χ2v) is 10.6. The number of likely N-dealkylation sites (tertiary alicyclic amines) is 1. The Hall–Kier alpha value is -2.17. The van der Waals surface area contributed by atoms with Gasteiger partial charge in [-0.05, 0) is 44.1 Å². The minimum Gasteiger partial charge on any atom is -0.309 e. The van der Waals surface area contributed by atoms with Crippen molar-refractivity contribution in [2.24, 2.45) is 0 Å². The summed E-state index contributed by atoms with van der Waals surface area (Å²) in [6.07, 6.45) is 3.81. The van der Waals surface area contributed by atoms with Crippen molar-refractivity contribution in [1.29, 1.82) is 0 Å². The number of nitrogens with one attached hydrogen (secondary N) is 2. The Balaban J connectivity index is 0.00000253. The van der Waals surface area contributed by atoms with Crippen molar-refractivity contribution in [3.8, 4) is 0 Å². The van der Waals surface area contributed by atoms with Crippen LogP contribution in [0.2, 0.25) is 5.02 Å². The maximum absolute atomic E-state index is 12.4. The number of aromatic nitrogens is 3. The highest BCUT2D eigenvalue weighted by Crippen LogP contribution is 2.37. The van der Waals surface area contributed by atoms with Gasteiger partial charge in [0, 0.05) is 49.4 Å². The third kappa shape index (κ3) is 4.80. The van der Waals surface area contributed by atoms with E-state index in [9.17, 15) is 9.59 Å². The van der Waals surface area contributed by atoms with Gasteiger partial charge in [-0.1, -0.05) is 11.6 Å². The van der Waals surface area contributed by atoms with Crippen LogP contribution in [0.15, 0.2) is 40.2 Å². The van der Waals surface area contributed by atoms with Crippen molar-refractivity contribution < 1.29 is 4.79 Å². The molecule has 0 bridgehead atoms. The van der Waals surface area contributed by atoms with Crippen LogP contribution in [0.25, 0.3) is 11.0 Å². The van der Waals surface area contributed by atoms with Crippen LogP contribution >= 0.6 is 35.8 Å². The first-order valence-corrected chi connectivity index (χ1v) is 13.0. The van der Waals surface area contributed by atoms with Gasteiger partial charge in [0.15, 0.2) is 0 Å². The molecule has 11 heteroatoms. The molecule has 2 N–H and O–H groups in total. The van der Waals surface area contributed by atoms with Gasteiger partial charge in [-0.3, -0.25) is 14.6 Å². The van der Waals surface area contributed by atoms with Crippen molar-refractivity contribution in [2.75, 3.05) is 30.7 Å². The number of nitrogens with zero attached hydrogens (tertiary/aromatic N) is 4. The second kappa shape index (κ2) is 10.1. The summed E-state index contributed by atoms with van der Waals surface area (Å²) in [5, 5.41) is 7.14. The van der Waals surface area contributed by atoms with Gasteiger partial charge in [0.25, 0.3) is 5.56 Å². The van der Waals surface area contributed by atoms with E-state index in [1.807, 2.05) is 16.7 Å². The SMILES string of the molecule is Cl.O=C1CSc2ccc(CNC3CCN(CC4Cn5c(=O)ccc6ncc(Cl)c4c65)CC3)nc2N1. The molecule has 6 heterocycles. The molecule has 3 aliphatic rings. The van der Waals surface area contributed by atoms with Crippen LogP contribution in [0, 0.1) is 0 Å². The predicted molar refractivity (Wildman–Crippen MR) is 141 cm³/mol. The summed E-state index contributed by atoms with van der Waals surface area (Å²) in [5.41, 5.74) is 3.74. The first kappa shape index (κ1) is 24.5. The standard InChI is InChI=1S/C24H25ClN6O2S.ClH/c25-17-10-27-18-2-4-21(33)31-12-14(22(17)23(18)31)11-30-7-5-15(6-8-30)26-9-16-1-3-19-24(28-16)29-20(32)13-34-19;/h1-4,10,14-15,26H,5-9,11-13H2,(H,28,29,32);1H. The highest BCUT2D eigenvalue weighted by Gasteiger charge is 2.31. The van der Waals surface area contributed by atoms with E-state index in [0.29, 0.717) is 35.7 Å². The van der Waals surface area contributed by atoms with Gasteiger partial charge in [0.2, 0.25) is 5.91 Å². The van der Waals surface area contributed by atoms with E-state index in [1.165, 1.54) is 11.8 Å². The molecule has 1 amide bonds. The molecule has 35 heavy (non-hydrogen) atoms. The number of rotatable bonds is 5. The van der Waals surface area contributed by atoms with Crippen LogP contribution in [0.1, 0.15) is 30.0 Å². The largest absolute Gasteiger partial charge is 0.309 e. The Morgan fingerprint density at radius 2 is 2.00 bits per heavy atom. The Morgan fingerprint density at radius 3 is 2.83 bits per heavy atom. The highest BCUT2D eigenvalue weighted by molar-refractivity contribution is 8.00. The average Bonchev–Trinajstić information content (AvgIpc) is 3.23. The number of fused-ring (bicyclic) bond motifs is 1. The Labute approximate surface area is 218 Å². The monoisotopic (exact) mass is 532 g/mol. The van der Waals surface area contributed by atoms with Gasteiger partial charge in [0.1, 0.15) is 5.82 Å². The molecule has 0 aliphatic carbocycles. The summed E-state index contributed by atoms with van der Waals surface area (Å²) in [7, 11) is 0. The maximum Gasteiger partial charge on any atom is 0.251 e. The van der Waals surface area contributed by atoms with E-state index >= 15 is 0 Å². The smallest absolute Gasteiger partial charge is 0.251 e. The Morgan fingerprint density at radius 1 is 1.17 bits per heavy atom. The summed E-state index contributed by atoms with van der Waals surface area (Å²) < 4.78 is 1.83. The van der Waals surface area contributed by atoms with Crippen LogP contribution in [-0.2, 0) is 17.9 Å². The van der Waals surface area contributed by atoms with E-state index in [4.69, 9.17) is 11.6 Å². The number of anilines is 1. The zero-order valence-corrected chi connectivity index (χ0v) is 21.4. The summed E-state index contributed by atoms with van der Waals surface area (Å²) in [5.74, 6) is 1.33. The number of piperidine rings is 1. The summed E-state index contributed by atoms with van der Waals surface area (Å²) >= 11 is 8.07. The van der Waals surface area contributed by atoms with Crippen LogP contribution in [0.4, 0.5) is 5.82 Å². The molecule has 0 spiro atoms. The molecule has 1 saturated heterocycles. The lowest BCUT2D eigenvalue weighted by Crippen LogP contribution is -2.43. The zero-order valence-electron chi connectivity index (χ0n) is 19.0. The number of thioether (sulfide) groups is 1. The molecular formula is C24H26Cl2N6O2S. The molecule has 0 radical (unpaired) electrons. The topological polar surface area (TPSA) is 92.2 Å². The third-order valence-electron chi connectivity index (χ3n) is 6.97. The molecule has 3 aromatic rings. The molecule has 1 atom stereocenters. The molecule has 3 aliphatic heterocycles. The lowest BCUT2D eigenvalue weighted by atomic mass is 9.98. The maximum atomic E-state index is 12.4. The number of pyridine rings is 3. The van der Waals surface area contributed by atoms with Crippen LogP contribution in [-0.4, -0.2) is 56.8 Å². The zero-order chi connectivity index (χ0) is 23.2. The van der Waals surface area contributed by atoms with Crippen molar-refractivity contribution in [2.45, 2.75) is 42.8 Å². The first-order valence-electron chi connectivity index (χ1n) is 11.6. The quantitative estimate of drug-likeness (QED) is 0.520. The fraction of sp³-hybridized carbons (Fsp3) is 0.417. The van der Waals surface area contributed by atoms with Crippen molar-refractivity contribution in [3.05, 3.63) is 57.1 Å². The molecular weight excluding hydrogens is 507 g/mol. The van der Waals surface area contributed by atoms with Gasteiger partial charge in [0.05, 0.1) is 32.4 Å². The molecule has 0 aromatic carbocycles. The van der Waals surface area contributed by atoms with Crippen LogP contribution < -0.4 is 16.2 Å². The Bertz CT molecular complexity index is 1340. The van der Waals surface area contributed by atoms with Gasteiger partial charge >= 0.3 is 0 Å². The molecule has 3 aromatic heterocycles. The number of amides is 1. The Kier molecular flexibility index (Phi) is 7.05. The molecule has 184 valence electrons. The minimum absolute atomic E-state index is 0. The fourth-order valence-corrected chi connectivity index (χ4v) is 6.33. The third-order valence-corrected chi connectivity index (χ3v) is 8.32. The molecule has 8 nitrogen and oxygen atoms in total. The van der Waals surface area contributed by atoms with Crippen LogP contribution in [0.5, 0.6) is 0 Å². The van der Waals surface area contributed by atoms with Gasteiger partial charge in [-0.25, -0.2) is 4.98 Å². The number of hydrogen-bond acceptors (Lipinski definition) is 7. The van der Waals surface area contributed by atoms with Crippen molar-refractivity contribution in [3.63, 3.8) is 0 Å². The summed E-state index contributed by atoms with van der Waals surface area (Å²) in [4.78, 5) is 36.6. The highest BCUT2D eigenvalue weighted by atomic mass is 35.5. The number of carbonyl (C=O) groups is 1. The lowest BCUT2D eigenvalue weighted by molar-refractivity contribution is -0.113. The second-order valence-electron chi connectivity index (χ2n) is 9.17. The average molecular weight is 533 g/mol. The van der Waals surface area contributed by atoms with Crippen molar-refractivity contribution in [1.82, 2.24) is 24.8 Å². The number of carbonyl (C=O) groups excluding carboxylic acids is 1. The van der Waals surface area contributed by atoms with Gasteiger partial charge in [-0.2, -0.15) is 0 Å². The lowest BCUT2D eigenvalue weighted by Gasteiger charge is -2.34. The summed E-state index contributed by atoms with van der Waals surface area (Å²) in [6, 6.07) is 7.88. The van der Waals surface area contributed by atoms with Gasteiger partial charge in [-0.15, -0.1) is 24.2 Å². The van der Waals surface area contributed by atoms with E-state index in [1.54, 1.807) is 18.3 Å². The minimum atomic E-state index is 0. The fourth-order valence-electron chi connectivity index (χ4n) is 5.28. The normalized spacial score (nSPS) is 19.9. The predicted octanol–water partition coefficient (Wildman–Crippen LogP) is 3.26.